The Morgan fingerprint density at radius 3 is 2.39 bits per heavy atom. The second-order valence-corrected chi connectivity index (χ2v) is 4.69. The summed E-state index contributed by atoms with van der Waals surface area (Å²) < 4.78 is 0. The van der Waals surface area contributed by atoms with Crippen LogP contribution in [0.25, 0.3) is 0 Å². The van der Waals surface area contributed by atoms with Gasteiger partial charge in [-0.05, 0) is 43.5 Å². The molecule has 0 aliphatic carbocycles. The molecule has 1 amide bonds. The molecule has 100 valence electrons. The third-order valence-electron chi connectivity index (χ3n) is 2.84. The van der Waals surface area contributed by atoms with Gasteiger partial charge < -0.3 is 5.32 Å². The maximum atomic E-state index is 11.6. The fourth-order valence-electron chi connectivity index (χ4n) is 2.01. The molecule has 1 rings (SSSR count). The summed E-state index contributed by atoms with van der Waals surface area (Å²) in [6.07, 6.45) is 2.66. The van der Waals surface area contributed by atoms with Crippen molar-refractivity contribution in [1.29, 1.82) is 0 Å². The summed E-state index contributed by atoms with van der Waals surface area (Å²) in [5.41, 5.74) is 4.93. The third-order valence-corrected chi connectivity index (χ3v) is 2.84. The molecular weight excluding hydrogens is 228 g/mol. The topological polar surface area (TPSA) is 61.4 Å². The van der Waals surface area contributed by atoms with Crippen LogP contribution in [0.1, 0.15) is 37.3 Å². The molecule has 0 fully saturated rings. The lowest BCUT2D eigenvalue weighted by Crippen LogP contribution is -2.38. The van der Waals surface area contributed by atoms with Crippen molar-refractivity contribution < 1.29 is 10.0 Å². The number of carbonyl (C=O) groups excluding carboxylic acids is 1. The van der Waals surface area contributed by atoms with Gasteiger partial charge in [-0.1, -0.05) is 25.8 Å². The van der Waals surface area contributed by atoms with E-state index in [0.29, 0.717) is 6.42 Å². The van der Waals surface area contributed by atoms with Crippen molar-refractivity contribution >= 4 is 11.6 Å². The van der Waals surface area contributed by atoms with Gasteiger partial charge >= 0.3 is 0 Å². The van der Waals surface area contributed by atoms with E-state index in [0.717, 1.165) is 29.7 Å². The molecule has 0 saturated carbocycles. The van der Waals surface area contributed by atoms with Crippen molar-refractivity contribution in [2.24, 2.45) is 0 Å². The monoisotopic (exact) mass is 250 g/mol. The molecular formula is C14H22N2O2. The first-order valence-corrected chi connectivity index (χ1v) is 6.35. The molecule has 0 heterocycles. The van der Waals surface area contributed by atoms with E-state index in [1.54, 1.807) is 5.48 Å². The Bertz CT molecular complexity index is 385. The van der Waals surface area contributed by atoms with Gasteiger partial charge in [-0.3, -0.25) is 10.0 Å². The average molecular weight is 250 g/mol. The molecule has 3 N–H and O–H groups in total. The zero-order valence-electron chi connectivity index (χ0n) is 11.3. The van der Waals surface area contributed by atoms with E-state index in [4.69, 9.17) is 5.21 Å². The Morgan fingerprint density at radius 1 is 1.28 bits per heavy atom. The van der Waals surface area contributed by atoms with E-state index in [1.807, 2.05) is 26.0 Å². The van der Waals surface area contributed by atoms with Gasteiger partial charge in [0.2, 0.25) is 0 Å². The van der Waals surface area contributed by atoms with Crippen LogP contribution in [0.3, 0.4) is 0 Å². The predicted molar refractivity (Wildman–Crippen MR) is 72.8 cm³/mol. The van der Waals surface area contributed by atoms with Gasteiger partial charge in [-0.2, -0.15) is 0 Å². The minimum absolute atomic E-state index is 0.386. The van der Waals surface area contributed by atoms with Crippen LogP contribution >= 0.6 is 0 Å². The van der Waals surface area contributed by atoms with Crippen molar-refractivity contribution in [1.82, 2.24) is 5.48 Å². The maximum absolute atomic E-state index is 11.6. The van der Waals surface area contributed by atoms with E-state index < -0.39 is 6.04 Å². The lowest BCUT2D eigenvalue weighted by atomic mass is 10.1. The van der Waals surface area contributed by atoms with Crippen LogP contribution in [-0.4, -0.2) is 17.2 Å². The van der Waals surface area contributed by atoms with Crippen LogP contribution in [0, 0.1) is 13.8 Å². The molecule has 4 nitrogen and oxygen atoms in total. The zero-order chi connectivity index (χ0) is 13.5. The number of rotatable bonds is 6. The molecule has 0 spiro atoms. The molecule has 1 aromatic carbocycles. The Balaban J connectivity index is 2.78. The molecule has 1 aromatic rings. The van der Waals surface area contributed by atoms with Gasteiger partial charge in [0.05, 0.1) is 0 Å². The third kappa shape index (κ3) is 4.37. The van der Waals surface area contributed by atoms with Gasteiger partial charge in [-0.15, -0.1) is 0 Å². The van der Waals surface area contributed by atoms with Crippen LogP contribution in [0.5, 0.6) is 0 Å². The fraction of sp³-hybridized carbons (Fsp3) is 0.500. The summed E-state index contributed by atoms with van der Waals surface area (Å²) in [6.45, 7) is 6.11. The first kappa shape index (κ1) is 14.5. The van der Waals surface area contributed by atoms with Crippen molar-refractivity contribution in [2.45, 2.75) is 46.1 Å². The van der Waals surface area contributed by atoms with Gasteiger partial charge in [0.15, 0.2) is 0 Å². The number of amides is 1. The minimum atomic E-state index is -0.392. The summed E-state index contributed by atoms with van der Waals surface area (Å²) in [7, 11) is 0. The van der Waals surface area contributed by atoms with Crippen molar-refractivity contribution in [3.8, 4) is 0 Å². The van der Waals surface area contributed by atoms with Crippen LogP contribution < -0.4 is 10.8 Å². The quantitative estimate of drug-likeness (QED) is 0.537. The second kappa shape index (κ2) is 7.01. The summed E-state index contributed by atoms with van der Waals surface area (Å²) in [5, 5.41) is 11.9. The number of hydrogen-bond donors (Lipinski definition) is 3. The van der Waals surface area contributed by atoms with E-state index >= 15 is 0 Å². The SMILES string of the molecule is CCCCC(Nc1cc(C)cc(C)c1)C(=O)NO. The normalized spacial score (nSPS) is 12.0. The lowest BCUT2D eigenvalue weighted by molar-refractivity contribution is -0.130. The average Bonchev–Trinajstić information content (AvgIpc) is 2.32. The van der Waals surface area contributed by atoms with Gasteiger partial charge in [0.1, 0.15) is 6.04 Å². The van der Waals surface area contributed by atoms with Crippen LogP contribution in [-0.2, 0) is 4.79 Å². The number of aryl methyl sites for hydroxylation is 2. The number of benzene rings is 1. The number of carbonyl (C=O) groups is 1. The van der Waals surface area contributed by atoms with E-state index in [9.17, 15) is 4.79 Å². The molecule has 18 heavy (non-hydrogen) atoms. The lowest BCUT2D eigenvalue weighted by Gasteiger charge is -2.18. The number of nitrogens with one attached hydrogen (secondary N) is 2. The van der Waals surface area contributed by atoms with Gasteiger partial charge in [-0.25, -0.2) is 5.48 Å². The number of hydroxylamine groups is 1. The van der Waals surface area contributed by atoms with E-state index in [-0.39, 0.29) is 5.91 Å². The standard InChI is InChI=1S/C14H22N2O2/c1-4-5-6-13(14(17)16-18)15-12-8-10(2)7-11(3)9-12/h7-9,13,15,18H,4-6H2,1-3H3,(H,16,17). The molecule has 1 unspecified atom stereocenters. The Morgan fingerprint density at radius 2 is 1.89 bits per heavy atom. The highest BCUT2D eigenvalue weighted by atomic mass is 16.5. The molecule has 1 atom stereocenters. The summed E-state index contributed by atoms with van der Waals surface area (Å²) >= 11 is 0. The largest absolute Gasteiger partial charge is 0.374 e. The summed E-state index contributed by atoms with van der Waals surface area (Å²) in [6, 6.07) is 5.68. The fourth-order valence-corrected chi connectivity index (χ4v) is 2.01. The maximum Gasteiger partial charge on any atom is 0.265 e. The first-order valence-electron chi connectivity index (χ1n) is 6.35. The minimum Gasteiger partial charge on any atom is -0.374 e. The molecule has 0 aliphatic rings. The summed E-state index contributed by atoms with van der Waals surface area (Å²) in [4.78, 5) is 11.6. The van der Waals surface area contributed by atoms with Crippen molar-refractivity contribution in [2.75, 3.05) is 5.32 Å². The van der Waals surface area contributed by atoms with E-state index in [1.165, 1.54) is 0 Å². The Hall–Kier alpha value is -1.55. The molecule has 0 aromatic heterocycles. The molecule has 0 aliphatic heterocycles. The van der Waals surface area contributed by atoms with Gasteiger partial charge in [0, 0.05) is 5.69 Å². The zero-order valence-corrected chi connectivity index (χ0v) is 11.3. The Kier molecular flexibility index (Phi) is 5.65. The van der Waals surface area contributed by atoms with Gasteiger partial charge in [0.25, 0.3) is 5.91 Å². The van der Waals surface area contributed by atoms with E-state index in [2.05, 4.69) is 18.3 Å². The second-order valence-electron chi connectivity index (χ2n) is 4.69. The first-order chi connectivity index (χ1) is 8.56. The highest BCUT2D eigenvalue weighted by Crippen LogP contribution is 2.16. The molecule has 0 radical (unpaired) electrons. The number of unbranched alkanes of at least 4 members (excludes halogenated alkanes) is 1. The van der Waals surface area contributed by atoms with Crippen LogP contribution in [0.4, 0.5) is 5.69 Å². The predicted octanol–water partition coefficient (Wildman–Crippen LogP) is 2.78. The number of hydrogen-bond acceptors (Lipinski definition) is 3. The smallest absolute Gasteiger partial charge is 0.265 e. The highest BCUT2D eigenvalue weighted by molar-refractivity contribution is 5.83. The highest BCUT2D eigenvalue weighted by Gasteiger charge is 2.17. The van der Waals surface area contributed by atoms with Crippen molar-refractivity contribution in [3.05, 3.63) is 29.3 Å². The number of anilines is 1. The molecule has 4 heteroatoms. The summed E-state index contributed by atoms with van der Waals surface area (Å²) in [5.74, 6) is -0.386. The Labute approximate surface area is 108 Å². The molecule has 0 saturated heterocycles. The molecule has 0 bridgehead atoms. The van der Waals surface area contributed by atoms with Crippen LogP contribution in [0.2, 0.25) is 0 Å². The van der Waals surface area contributed by atoms with Crippen LogP contribution in [0.15, 0.2) is 18.2 Å². The van der Waals surface area contributed by atoms with Crippen molar-refractivity contribution in [3.63, 3.8) is 0 Å².